The number of rotatable bonds is 63. The minimum absolute atomic E-state index is 0.0325. The van der Waals surface area contributed by atoms with Gasteiger partial charge in [-0.15, -0.1) is 0 Å². The minimum atomic E-state index is -5.70. The van der Waals surface area contributed by atoms with E-state index in [9.17, 15) is 74.9 Å². The maximum Gasteiger partial charge on any atom is 0.472 e. The van der Waals surface area contributed by atoms with Gasteiger partial charge in [-0.05, 0) is 44.9 Å². The van der Waals surface area contributed by atoms with Crippen molar-refractivity contribution in [3.8, 4) is 0 Å². The highest BCUT2D eigenvalue weighted by molar-refractivity contribution is 7.47. The monoisotopic (exact) mass is 1470 g/mol. The van der Waals surface area contributed by atoms with Crippen molar-refractivity contribution in [2.45, 2.75) is 427 Å². The number of esters is 3. The highest BCUT2D eigenvalue weighted by atomic mass is 31.2. The van der Waals surface area contributed by atoms with Gasteiger partial charge in [0.05, 0.1) is 13.2 Å². The molecule has 0 amide bonds. The Bertz CT molecular complexity index is 2130. The summed E-state index contributed by atoms with van der Waals surface area (Å²) in [5.74, 6) is -1.99. The third-order valence-corrected chi connectivity index (χ3v) is 20.8. The van der Waals surface area contributed by atoms with Crippen molar-refractivity contribution in [1.82, 2.24) is 0 Å². The lowest BCUT2D eigenvalue weighted by molar-refractivity contribution is -0.360. The van der Waals surface area contributed by atoms with E-state index in [1.165, 1.54) is 173 Å². The zero-order chi connectivity index (χ0) is 73.9. The summed E-state index contributed by atoms with van der Waals surface area (Å²) in [7, 11) is -5.70. The highest BCUT2D eigenvalue weighted by Crippen LogP contribution is 2.49. The average molecular weight is 1470 g/mol. The summed E-state index contributed by atoms with van der Waals surface area (Å²) >= 11 is 0. The fraction of sp³-hybridized carbons (Fsp3) is 0.934. The first-order valence-electron chi connectivity index (χ1n) is 40.0. The van der Waals surface area contributed by atoms with Gasteiger partial charge in [0.1, 0.15) is 98.7 Å². The molecular weight excluding hydrogens is 1330 g/mol. The van der Waals surface area contributed by atoms with E-state index in [1.807, 2.05) is 0 Å². The van der Waals surface area contributed by atoms with Crippen LogP contribution in [-0.4, -0.2) is 204 Å². The van der Waals surface area contributed by atoms with E-state index < -0.39 is 156 Å². The molecule has 0 aromatic heterocycles. The van der Waals surface area contributed by atoms with Crippen LogP contribution in [0, 0.1) is 0 Å². The van der Waals surface area contributed by atoms with Crippen molar-refractivity contribution in [3.63, 3.8) is 0 Å². The molecule has 11 N–H and O–H groups in total. The molecule has 0 spiro atoms. The number of hydrogen-bond donors (Lipinski definition) is 11. The molecule has 2 saturated heterocycles. The summed E-state index contributed by atoms with van der Waals surface area (Å²) in [6.45, 7) is 3.47. The third kappa shape index (κ3) is 40.5. The molecule has 18 atom stereocenters. The van der Waals surface area contributed by atoms with E-state index in [2.05, 4.69) is 32.9 Å². The van der Waals surface area contributed by atoms with Gasteiger partial charge in [-0.25, -0.2) is 4.57 Å². The Labute approximate surface area is 605 Å². The van der Waals surface area contributed by atoms with Gasteiger partial charge >= 0.3 is 25.7 Å². The highest BCUT2D eigenvalue weighted by Gasteiger charge is 2.58. The molecule has 24 nitrogen and oxygen atoms in total. The number of phosphoric acid groups is 1. The van der Waals surface area contributed by atoms with Gasteiger partial charge < -0.3 is 89.1 Å². The number of carbonyl (C=O) groups is 3. The van der Waals surface area contributed by atoms with Crippen molar-refractivity contribution in [3.05, 3.63) is 12.2 Å². The Kier molecular flexibility index (Phi) is 53.2. The molecule has 0 radical (unpaired) electrons. The number of allylic oxidation sites excluding steroid dienone is 2. The number of aliphatic hydroxyl groups excluding tert-OH is 10. The first-order chi connectivity index (χ1) is 48.8. The molecule has 2 heterocycles. The Morgan fingerprint density at radius 2 is 0.693 bits per heavy atom. The Morgan fingerprint density at radius 3 is 1.08 bits per heavy atom. The second-order valence-electron chi connectivity index (χ2n) is 28.8. The van der Waals surface area contributed by atoms with Crippen LogP contribution in [0.3, 0.4) is 0 Å². The van der Waals surface area contributed by atoms with E-state index in [0.717, 1.165) is 83.5 Å². The summed E-state index contributed by atoms with van der Waals surface area (Å²) in [6, 6.07) is 0. The predicted octanol–water partition coefficient (Wildman–Crippen LogP) is 11.9. The predicted molar refractivity (Wildman–Crippen MR) is 384 cm³/mol. The smallest absolute Gasteiger partial charge is 0.463 e. The lowest BCUT2D eigenvalue weighted by Gasteiger charge is -2.49. The first kappa shape index (κ1) is 92.9. The van der Waals surface area contributed by atoms with Crippen LogP contribution in [0.4, 0.5) is 0 Å². The maximum absolute atomic E-state index is 14.4. The molecule has 25 heteroatoms. The van der Waals surface area contributed by atoms with Gasteiger partial charge in [-0.3, -0.25) is 23.4 Å². The van der Waals surface area contributed by atoms with Crippen molar-refractivity contribution in [2.75, 3.05) is 26.4 Å². The van der Waals surface area contributed by atoms with E-state index in [1.54, 1.807) is 0 Å². The number of carbonyl (C=O) groups excluding carboxylic acids is 3. The van der Waals surface area contributed by atoms with Crippen molar-refractivity contribution >= 4 is 25.7 Å². The quantitative estimate of drug-likeness (QED) is 0.00886. The van der Waals surface area contributed by atoms with Crippen LogP contribution >= 0.6 is 7.82 Å². The van der Waals surface area contributed by atoms with E-state index in [0.29, 0.717) is 25.7 Å². The summed E-state index contributed by atoms with van der Waals surface area (Å²) in [4.78, 5) is 51.1. The molecule has 3 fully saturated rings. The molecule has 0 bridgehead atoms. The Morgan fingerprint density at radius 1 is 0.376 bits per heavy atom. The number of phosphoric ester groups is 1. The largest absolute Gasteiger partial charge is 0.472 e. The standard InChI is InChI=1S/C76H141O24P/c1-4-7-10-13-16-19-22-25-28-29-31-34-36-39-42-45-48-51-61(79)93-56-59-64(82)66(84)71(89)76(97-59)99-73-69(87)67(85)68(86)72(98-75-70(88)65(83)63(81)58(53-77)96-75)74(73)100-101(90,91)94-55-57(95-62(80)52-49-46-43-40-37-32-27-24-21-18-15-12-9-6-3)54-92-60(78)50-47-44-41-38-35-33-30-26-23-20-17-14-11-8-5-2/h32,37,57-59,63-77,81-89H,4-31,33-36,38-56H2,1-3H3,(H,90,91)/b37-32-. The molecule has 1 aliphatic carbocycles. The van der Waals surface area contributed by atoms with Crippen LogP contribution in [0.1, 0.15) is 323 Å². The summed E-state index contributed by atoms with van der Waals surface area (Å²) < 4.78 is 65.1. The third-order valence-electron chi connectivity index (χ3n) is 19.8. The number of hydrogen-bond acceptors (Lipinski definition) is 23. The lowest BCUT2D eigenvalue weighted by Crippen LogP contribution is -2.69. The van der Waals surface area contributed by atoms with Crippen molar-refractivity contribution in [2.24, 2.45) is 0 Å². The van der Waals surface area contributed by atoms with E-state index in [4.69, 9.17) is 42.2 Å². The van der Waals surface area contributed by atoms with Crippen molar-refractivity contribution < 1.29 is 117 Å². The molecule has 2 aliphatic heterocycles. The van der Waals surface area contributed by atoms with Gasteiger partial charge in [0, 0.05) is 19.3 Å². The Hall–Kier alpha value is -2.30. The van der Waals surface area contributed by atoms with Gasteiger partial charge in [-0.2, -0.15) is 0 Å². The van der Waals surface area contributed by atoms with Crippen LogP contribution in [0.25, 0.3) is 0 Å². The molecule has 101 heavy (non-hydrogen) atoms. The second-order valence-corrected chi connectivity index (χ2v) is 30.2. The summed E-state index contributed by atoms with van der Waals surface area (Å²) in [5.41, 5.74) is 0. The molecule has 0 aromatic rings. The van der Waals surface area contributed by atoms with Crippen LogP contribution < -0.4 is 0 Å². The average Bonchev–Trinajstić information content (AvgIpc) is 0.752. The SMILES string of the molecule is CCCCCCCCC/C=C\CCCCCC(=O)OC(COC(=O)CCCCCCCCCCCCCCCCC)COP(=O)(O)OC1C(OC2OC(CO)C(O)C(O)C2O)C(O)C(O)C(O)C1OC1OC(COC(=O)CCCCCCCCCCCCCCCCCCC)C(O)C(O)C1O. The van der Waals surface area contributed by atoms with Crippen LogP contribution in [-0.2, 0) is 61.2 Å². The zero-order valence-corrected chi connectivity index (χ0v) is 63.1. The second kappa shape index (κ2) is 57.8. The molecule has 3 aliphatic rings. The van der Waals surface area contributed by atoms with Crippen LogP contribution in [0.2, 0.25) is 0 Å². The topological polar surface area (TPSA) is 374 Å². The van der Waals surface area contributed by atoms with E-state index >= 15 is 0 Å². The molecule has 594 valence electrons. The molecule has 18 unspecified atom stereocenters. The van der Waals surface area contributed by atoms with E-state index in [-0.39, 0.29) is 19.3 Å². The van der Waals surface area contributed by atoms with Crippen LogP contribution in [0.15, 0.2) is 12.2 Å². The molecular formula is C76H141O24P. The summed E-state index contributed by atoms with van der Waals surface area (Å²) in [6.07, 6.45) is 18.3. The maximum atomic E-state index is 14.4. The van der Waals surface area contributed by atoms with Gasteiger partial charge in [0.25, 0.3) is 0 Å². The van der Waals surface area contributed by atoms with Crippen LogP contribution in [0.5, 0.6) is 0 Å². The van der Waals surface area contributed by atoms with Gasteiger partial charge in [0.2, 0.25) is 0 Å². The molecule has 0 aromatic carbocycles. The first-order valence-corrected chi connectivity index (χ1v) is 41.5. The number of unbranched alkanes of at least 4 members (excludes halogenated alkanes) is 40. The summed E-state index contributed by atoms with van der Waals surface area (Å²) in [5, 5.41) is 110. The van der Waals surface area contributed by atoms with Gasteiger partial charge in [0.15, 0.2) is 18.7 Å². The lowest BCUT2D eigenvalue weighted by atomic mass is 9.84. The van der Waals surface area contributed by atoms with Crippen molar-refractivity contribution in [1.29, 1.82) is 0 Å². The number of aliphatic hydroxyl groups is 10. The van der Waals surface area contributed by atoms with Gasteiger partial charge in [-0.1, -0.05) is 270 Å². The normalized spacial score (nSPS) is 27.2. The molecule has 1 saturated carbocycles. The zero-order valence-electron chi connectivity index (χ0n) is 62.2. The fourth-order valence-corrected chi connectivity index (χ4v) is 14.2. The molecule has 3 rings (SSSR count). The number of ether oxygens (including phenoxy) is 7. The minimum Gasteiger partial charge on any atom is -0.463 e. The Balaban J connectivity index is 1.70. The fourth-order valence-electron chi connectivity index (χ4n) is 13.3.